The van der Waals surface area contributed by atoms with Gasteiger partial charge in [0.1, 0.15) is 6.04 Å². The van der Waals surface area contributed by atoms with Gasteiger partial charge < -0.3 is 21.7 Å². The number of nitrogen functional groups attached to an aromatic ring is 1. The van der Waals surface area contributed by atoms with Crippen LogP contribution < -0.4 is 21.7 Å². The topological polar surface area (TPSA) is 96.2 Å². The molecule has 0 aliphatic heterocycles. The Hall–Kier alpha value is -2.24. The molecule has 1 aromatic carbocycles. The van der Waals surface area contributed by atoms with E-state index in [4.69, 9.17) is 5.73 Å². The van der Waals surface area contributed by atoms with Gasteiger partial charge in [-0.3, -0.25) is 4.79 Å². The van der Waals surface area contributed by atoms with Crippen molar-refractivity contribution in [1.29, 1.82) is 0 Å². The average molecular weight is 264 g/mol. The summed E-state index contributed by atoms with van der Waals surface area (Å²) in [6.45, 7) is 5.35. The molecular formula is C13H20N4O2. The first-order valence-corrected chi connectivity index (χ1v) is 6.12. The van der Waals surface area contributed by atoms with Crippen LogP contribution in [0.3, 0.4) is 0 Å². The van der Waals surface area contributed by atoms with Gasteiger partial charge in [0.05, 0.1) is 0 Å². The summed E-state index contributed by atoms with van der Waals surface area (Å²) in [5.74, 6) is -0.220. The Morgan fingerprint density at radius 1 is 1.05 bits per heavy atom. The van der Waals surface area contributed by atoms with Gasteiger partial charge in [0, 0.05) is 17.4 Å². The van der Waals surface area contributed by atoms with Gasteiger partial charge in [0.15, 0.2) is 0 Å². The van der Waals surface area contributed by atoms with E-state index in [1.807, 2.05) is 13.8 Å². The van der Waals surface area contributed by atoms with Crippen LogP contribution in [-0.4, -0.2) is 24.0 Å². The lowest BCUT2D eigenvalue weighted by Crippen LogP contribution is -2.48. The highest BCUT2D eigenvalue weighted by Gasteiger charge is 2.15. The summed E-state index contributed by atoms with van der Waals surface area (Å²) >= 11 is 0. The van der Waals surface area contributed by atoms with Crippen LogP contribution in [0.25, 0.3) is 0 Å². The molecule has 0 aromatic heterocycles. The number of hydrogen-bond acceptors (Lipinski definition) is 3. The molecule has 0 fully saturated rings. The van der Waals surface area contributed by atoms with E-state index in [-0.39, 0.29) is 11.9 Å². The van der Waals surface area contributed by atoms with Gasteiger partial charge in [0.25, 0.3) is 0 Å². The minimum absolute atomic E-state index is 0.0388. The second-order valence-electron chi connectivity index (χ2n) is 4.61. The van der Waals surface area contributed by atoms with Crippen molar-refractivity contribution in [2.24, 2.45) is 0 Å². The molecule has 1 aromatic rings. The van der Waals surface area contributed by atoms with Gasteiger partial charge in [-0.1, -0.05) is 0 Å². The Balaban J connectivity index is 2.46. The number of urea groups is 1. The Bertz CT molecular complexity index is 442. The van der Waals surface area contributed by atoms with Gasteiger partial charge in [-0.25, -0.2) is 4.79 Å². The molecule has 1 unspecified atom stereocenters. The van der Waals surface area contributed by atoms with E-state index in [1.54, 1.807) is 31.2 Å². The van der Waals surface area contributed by atoms with Crippen molar-refractivity contribution in [2.75, 3.05) is 11.1 Å². The lowest BCUT2D eigenvalue weighted by Gasteiger charge is -2.16. The van der Waals surface area contributed by atoms with Gasteiger partial charge >= 0.3 is 6.03 Å². The fraction of sp³-hybridized carbons (Fsp3) is 0.385. The molecule has 1 rings (SSSR count). The van der Waals surface area contributed by atoms with Crippen molar-refractivity contribution in [1.82, 2.24) is 10.6 Å². The fourth-order valence-electron chi connectivity index (χ4n) is 1.41. The lowest BCUT2D eigenvalue weighted by molar-refractivity contribution is -0.123. The molecule has 6 nitrogen and oxygen atoms in total. The number of carbonyl (C=O) groups is 2. The van der Waals surface area contributed by atoms with Crippen LogP contribution in [0.15, 0.2) is 24.3 Å². The van der Waals surface area contributed by atoms with E-state index in [2.05, 4.69) is 16.0 Å². The zero-order valence-corrected chi connectivity index (χ0v) is 11.4. The van der Waals surface area contributed by atoms with E-state index in [1.165, 1.54) is 0 Å². The van der Waals surface area contributed by atoms with Crippen molar-refractivity contribution in [3.8, 4) is 0 Å². The number of hydrogen-bond donors (Lipinski definition) is 4. The first kappa shape index (κ1) is 14.8. The van der Waals surface area contributed by atoms with Crippen molar-refractivity contribution < 1.29 is 9.59 Å². The third-order valence-electron chi connectivity index (χ3n) is 2.34. The summed E-state index contributed by atoms with van der Waals surface area (Å²) in [4.78, 5) is 23.3. The molecule has 0 saturated carbocycles. The minimum atomic E-state index is -0.601. The summed E-state index contributed by atoms with van der Waals surface area (Å²) in [6.07, 6.45) is 0. The smallest absolute Gasteiger partial charge is 0.319 e. The molecular weight excluding hydrogens is 244 g/mol. The fourth-order valence-corrected chi connectivity index (χ4v) is 1.41. The molecule has 0 aliphatic carbocycles. The zero-order chi connectivity index (χ0) is 14.4. The molecule has 3 amide bonds. The molecule has 1 atom stereocenters. The molecule has 0 spiro atoms. The lowest BCUT2D eigenvalue weighted by atomic mass is 10.3. The summed E-state index contributed by atoms with van der Waals surface area (Å²) < 4.78 is 0. The Labute approximate surface area is 112 Å². The average Bonchev–Trinajstić information content (AvgIpc) is 2.31. The first-order valence-electron chi connectivity index (χ1n) is 6.12. The predicted octanol–water partition coefficient (Wildman–Crippen LogP) is 1.30. The summed E-state index contributed by atoms with van der Waals surface area (Å²) in [5, 5.41) is 7.90. The van der Waals surface area contributed by atoms with Gasteiger partial charge in [-0.15, -0.1) is 0 Å². The van der Waals surface area contributed by atoms with Crippen molar-refractivity contribution in [3.05, 3.63) is 24.3 Å². The number of nitrogens with two attached hydrogens (primary N) is 1. The number of benzene rings is 1. The van der Waals surface area contributed by atoms with Crippen LogP contribution >= 0.6 is 0 Å². The van der Waals surface area contributed by atoms with Crippen molar-refractivity contribution >= 4 is 23.3 Å². The van der Waals surface area contributed by atoms with E-state index in [0.717, 1.165) is 0 Å². The minimum Gasteiger partial charge on any atom is -0.399 e. The normalized spacial score (nSPS) is 11.8. The van der Waals surface area contributed by atoms with Gasteiger partial charge in [-0.05, 0) is 45.0 Å². The number of rotatable bonds is 4. The highest BCUT2D eigenvalue weighted by molar-refractivity contribution is 5.93. The van der Waals surface area contributed by atoms with Crippen LogP contribution in [0.5, 0.6) is 0 Å². The molecule has 0 bridgehead atoms. The third kappa shape index (κ3) is 5.29. The maximum atomic E-state index is 11.7. The quantitative estimate of drug-likeness (QED) is 0.617. The van der Waals surface area contributed by atoms with Crippen molar-refractivity contribution in [2.45, 2.75) is 32.9 Å². The number of anilines is 2. The highest BCUT2D eigenvalue weighted by atomic mass is 16.2. The van der Waals surface area contributed by atoms with Gasteiger partial charge in [-0.2, -0.15) is 0 Å². The molecule has 0 aliphatic rings. The van der Waals surface area contributed by atoms with E-state index < -0.39 is 12.1 Å². The standard InChI is InChI=1S/C13H20N4O2/c1-8(2)15-12(18)9(3)16-13(19)17-11-6-4-10(14)5-7-11/h4-9H,14H2,1-3H3,(H,15,18)(H2,16,17,19). The third-order valence-corrected chi connectivity index (χ3v) is 2.34. The molecule has 0 saturated heterocycles. The van der Waals surface area contributed by atoms with Crippen LogP contribution in [0.1, 0.15) is 20.8 Å². The molecule has 6 heteroatoms. The molecule has 19 heavy (non-hydrogen) atoms. The number of nitrogens with one attached hydrogen (secondary N) is 3. The predicted molar refractivity (Wildman–Crippen MR) is 75.7 cm³/mol. The largest absolute Gasteiger partial charge is 0.399 e. The second kappa shape index (κ2) is 6.63. The SMILES string of the molecule is CC(C)NC(=O)C(C)NC(=O)Nc1ccc(N)cc1. The van der Waals surface area contributed by atoms with E-state index in [9.17, 15) is 9.59 Å². The van der Waals surface area contributed by atoms with E-state index in [0.29, 0.717) is 11.4 Å². The zero-order valence-electron chi connectivity index (χ0n) is 11.4. The number of carbonyl (C=O) groups excluding carboxylic acids is 2. The molecule has 5 N–H and O–H groups in total. The maximum absolute atomic E-state index is 11.7. The second-order valence-corrected chi connectivity index (χ2v) is 4.61. The highest BCUT2D eigenvalue weighted by Crippen LogP contribution is 2.10. The summed E-state index contributed by atoms with van der Waals surface area (Å²) in [5.41, 5.74) is 6.78. The Morgan fingerprint density at radius 2 is 1.63 bits per heavy atom. The van der Waals surface area contributed by atoms with Crippen LogP contribution in [-0.2, 0) is 4.79 Å². The molecule has 104 valence electrons. The summed E-state index contributed by atoms with van der Waals surface area (Å²) in [6, 6.07) is 5.75. The first-order chi connectivity index (χ1) is 8.88. The monoisotopic (exact) mass is 264 g/mol. The number of amides is 3. The summed E-state index contributed by atoms with van der Waals surface area (Å²) in [7, 11) is 0. The van der Waals surface area contributed by atoms with Crippen LogP contribution in [0.4, 0.5) is 16.2 Å². The Morgan fingerprint density at radius 3 is 2.16 bits per heavy atom. The van der Waals surface area contributed by atoms with Crippen molar-refractivity contribution in [3.63, 3.8) is 0 Å². The Kier molecular flexibility index (Phi) is 5.17. The molecule has 0 heterocycles. The van der Waals surface area contributed by atoms with Crippen LogP contribution in [0.2, 0.25) is 0 Å². The van der Waals surface area contributed by atoms with Crippen LogP contribution in [0, 0.1) is 0 Å². The molecule has 0 radical (unpaired) electrons. The van der Waals surface area contributed by atoms with E-state index >= 15 is 0 Å². The van der Waals surface area contributed by atoms with Gasteiger partial charge in [0.2, 0.25) is 5.91 Å². The maximum Gasteiger partial charge on any atom is 0.319 e.